The van der Waals surface area contributed by atoms with E-state index in [1.807, 2.05) is 31.2 Å². The predicted molar refractivity (Wildman–Crippen MR) is 97.5 cm³/mol. The topological polar surface area (TPSA) is 111 Å². The van der Waals surface area contributed by atoms with Crippen molar-refractivity contribution in [3.63, 3.8) is 0 Å². The van der Waals surface area contributed by atoms with Crippen molar-refractivity contribution in [1.82, 2.24) is 24.8 Å². The maximum absolute atomic E-state index is 13.3. The highest BCUT2D eigenvalue weighted by molar-refractivity contribution is 6.12. The van der Waals surface area contributed by atoms with Crippen LogP contribution in [0.4, 0.5) is 15.9 Å². The lowest BCUT2D eigenvalue weighted by molar-refractivity contribution is 0.102. The monoisotopic (exact) mass is 363 g/mol. The SMILES string of the molecule is Cc1ccccc1-c1cnncc1NC(=O)c1c(N)nn2cc(F)cnc12. The molecule has 0 fully saturated rings. The average Bonchev–Trinajstić information content (AvgIpc) is 2.97. The molecule has 0 radical (unpaired) electrons. The summed E-state index contributed by atoms with van der Waals surface area (Å²) in [5.74, 6) is -1.16. The highest BCUT2D eigenvalue weighted by atomic mass is 19.1. The number of halogens is 1. The maximum atomic E-state index is 13.3. The molecule has 9 heteroatoms. The second-order valence-corrected chi connectivity index (χ2v) is 5.89. The molecule has 0 aliphatic carbocycles. The quantitative estimate of drug-likeness (QED) is 0.578. The van der Waals surface area contributed by atoms with Crippen LogP contribution in [0.15, 0.2) is 49.1 Å². The molecule has 0 saturated heterocycles. The summed E-state index contributed by atoms with van der Waals surface area (Å²) in [5, 5.41) is 14.5. The van der Waals surface area contributed by atoms with Crippen LogP contribution in [0, 0.1) is 12.7 Å². The van der Waals surface area contributed by atoms with Crippen molar-refractivity contribution in [1.29, 1.82) is 0 Å². The van der Waals surface area contributed by atoms with Crippen molar-refractivity contribution in [2.75, 3.05) is 11.1 Å². The molecule has 0 spiro atoms. The van der Waals surface area contributed by atoms with E-state index in [1.165, 1.54) is 6.20 Å². The lowest BCUT2D eigenvalue weighted by Gasteiger charge is -2.11. The fourth-order valence-electron chi connectivity index (χ4n) is 2.84. The Kier molecular flexibility index (Phi) is 3.96. The van der Waals surface area contributed by atoms with Crippen molar-refractivity contribution in [3.8, 4) is 11.1 Å². The largest absolute Gasteiger partial charge is 0.381 e. The first-order chi connectivity index (χ1) is 13.0. The van der Waals surface area contributed by atoms with Gasteiger partial charge in [-0.05, 0) is 18.1 Å². The summed E-state index contributed by atoms with van der Waals surface area (Å²) in [6.45, 7) is 1.96. The number of fused-ring (bicyclic) bond motifs is 1. The molecule has 1 aromatic carbocycles. The summed E-state index contributed by atoms with van der Waals surface area (Å²) in [4.78, 5) is 16.8. The summed E-state index contributed by atoms with van der Waals surface area (Å²) < 4.78 is 14.5. The number of hydrogen-bond donors (Lipinski definition) is 2. The summed E-state index contributed by atoms with van der Waals surface area (Å²) in [6, 6.07) is 7.71. The van der Waals surface area contributed by atoms with Gasteiger partial charge in [0.15, 0.2) is 17.3 Å². The third-order valence-electron chi connectivity index (χ3n) is 4.11. The number of hydrogen-bond acceptors (Lipinski definition) is 6. The molecule has 1 amide bonds. The molecule has 3 heterocycles. The van der Waals surface area contributed by atoms with Crippen LogP contribution in [-0.2, 0) is 0 Å². The first-order valence-electron chi connectivity index (χ1n) is 8.02. The van der Waals surface area contributed by atoms with Gasteiger partial charge >= 0.3 is 0 Å². The third kappa shape index (κ3) is 2.95. The summed E-state index contributed by atoms with van der Waals surface area (Å²) >= 11 is 0. The van der Waals surface area contributed by atoms with Gasteiger partial charge in [-0.1, -0.05) is 24.3 Å². The predicted octanol–water partition coefficient (Wildman–Crippen LogP) is 2.47. The Morgan fingerprint density at radius 1 is 1.15 bits per heavy atom. The van der Waals surface area contributed by atoms with Gasteiger partial charge in [-0.2, -0.15) is 10.2 Å². The Labute approximate surface area is 152 Å². The number of carbonyl (C=O) groups is 1. The van der Waals surface area contributed by atoms with E-state index in [0.717, 1.165) is 28.0 Å². The number of aryl methyl sites for hydroxylation is 1. The molecule has 0 aliphatic rings. The molecule has 0 bridgehead atoms. The molecule has 3 N–H and O–H groups in total. The van der Waals surface area contributed by atoms with Crippen LogP contribution >= 0.6 is 0 Å². The standard InChI is InChI=1S/C18H14FN7O/c1-10-4-2-3-5-12(10)13-7-22-23-8-14(13)24-18(27)15-16(20)25-26-9-11(19)6-21-17(15)26/h2-9H,1H3,(H2,20,25)(H,22,24,27). The molecular weight excluding hydrogens is 349 g/mol. The van der Waals surface area contributed by atoms with E-state index >= 15 is 0 Å². The van der Waals surface area contributed by atoms with Crippen LogP contribution in [-0.4, -0.2) is 30.7 Å². The highest BCUT2D eigenvalue weighted by Gasteiger charge is 2.21. The zero-order valence-corrected chi connectivity index (χ0v) is 14.2. The smallest absolute Gasteiger partial charge is 0.263 e. The summed E-state index contributed by atoms with van der Waals surface area (Å²) in [6.07, 6.45) is 5.13. The number of anilines is 2. The second kappa shape index (κ2) is 6.45. The van der Waals surface area contributed by atoms with Crippen molar-refractivity contribution >= 4 is 23.1 Å². The number of rotatable bonds is 3. The normalized spacial score (nSPS) is 10.9. The molecule has 0 atom stereocenters. The lowest BCUT2D eigenvalue weighted by atomic mass is 10.0. The minimum atomic E-state index is -0.586. The molecule has 0 saturated carbocycles. The number of aromatic nitrogens is 5. The summed E-state index contributed by atoms with van der Waals surface area (Å²) in [5.41, 5.74) is 9.18. The van der Waals surface area contributed by atoms with E-state index < -0.39 is 11.7 Å². The Bertz CT molecular complexity index is 1170. The van der Waals surface area contributed by atoms with Gasteiger partial charge in [-0.3, -0.25) is 4.79 Å². The molecule has 4 aromatic rings. The minimum absolute atomic E-state index is 0.0509. The van der Waals surface area contributed by atoms with Crippen molar-refractivity contribution in [2.24, 2.45) is 0 Å². The van der Waals surface area contributed by atoms with E-state index in [1.54, 1.807) is 6.20 Å². The Morgan fingerprint density at radius 3 is 2.74 bits per heavy atom. The van der Waals surface area contributed by atoms with Gasteiger partial charge < -0.3 is 11.1 Å². The highest BCUT2D eigenvalue weighted by Crippen LogP contribution is 2.29. The van der Waals surface area contributed by atoms with Crippen LogP contribution in [0.3, 0.4) is 0 Å². The number of carbonyl (C=O) groups excluding carboxylic acids is 1. The fraction of sp³-hybridized carbons (Fsp3) is 0.0556. The number of benzene rings is 1. The Morgan fingerprint density at radius 2 is 1.93 bits per heavy atom. The third-order valence-corrected chi connectivity index (χ3v) is 4.11. The van der Waals surface area contributed by atoms with Gasteiger partial charge in [0, 0.05) is 5.56 Å². The Hall–Kier alpha value is -3.88. The average molecular weight is 363 g/mol. The van der Waals surface area contributed by atoms with E-state index in [4.69, 9.17) is 5.73 Å². The van der Waals surface area contributed by atoms with Crippen LogP contribution < -0.4 is 11.1 Å². The van der Waals surface area contributed by atoms with Gasteiger partial charge in [0.05, 0.1) is 30.5 Å². The lowest BCUT2D eigenvalue weighted by Crippen LogP contribution is -2.15. The van der Waals surface area contributed by atoms with E-state index in [9.17, 15) is 9.18 Å². The van der Waals surface area contributed by atoms with Gasteiger partial charge in [0.25, 0.3) is 5.91 Å². The number of nitrogens with zero attached hydrogens (tertiary/aromatic N) is 5. The molecular formula is C18H14FN7O. The molecule has 3 aromatic heterocycles. The zero-order chi connectivity index (χ0) is 19.0. The fourth-order valence-corrected chi connectivity index (χ4v) is 2.84. The first-order valence-corrected chi connectivity index (χ1v) is 8.02. The molecule has 134 valence electrons. The minimum Gasteiger partial charge on any atom is -0.381 e. The van der Waals surface area contributed by atoms with Crippen molar-refractivity contribution in [3.05, 3.63) is 66.0 Å². The van der Waals surface area contributed by atoms with Crippen molar-refractivity contribution < 1.29 is 9.18 Å². The summed E-state index contributed by atoms with van der Waals surface area (Å²) in [7, 11) is 0. The van der Waals surface area contributed by atoms with Gasteiger partial charge in [-0.25, -0.2) is 13.9 Å². The van der Waals surface area contributed by atoms with E-state index in [2.05, 4.69) is 25.6 Å². The van der Waals surface area contributed by atoms with Gasteiger partial charge in [0.1, 0.15) is 5.56 Å². The molecule has 0 unspecified atom stereocenters. The van der Waals surface area contributed by atoms with Gasteiger partial charge in [-0.15, -0.1) is 5.10 Å². The van der Waals surface area contributed by atoms with Crippen LogP contribution in [0.5, 0.6) is 0 Å². The van der Waals surface area contributed by atoms with Crippen LogP contribution in [0.1, 0.15) is 15.9 Å². The molecule has 0 aliphatic heterocycles. The van der Waals surface area contributed by atoms with Crippen molar-refractivity contribution in [2.45, 2.75) is 6.92 Å². The Balaban J connectivity index is 1.75. The second-order valence-electron chi connectivity index (χ2n) is 5.89. The zero-order valence-electron chi connectivity index (χ0n) is 14.2. The maximum Gasteiger partial charge on any atom is 0.263 e. The van der Waals surface area contributed by atoms with E-state index in [0.29, 0.717) is 11.3 Å². The number of nitrogen functional groups attached to an aromatic ring is 1. The number of nitrogens with one attached hydrogen (secondary N) is 1. The van der Waals surface area contributed by atoms with Crippen LogP contribution in [0.2, 0.25) is 0 Å². The molecule has 8 nitrogen and oxygen atoms in total. The molecule has 27 heavy (non-hydrogen) atoms. The number of nitrogens with two attached hydrogens (primary N) is 1. The number of amides is 1. The first kappa shape index (κ1) is 16.6. The van der Waals surface area contributed by atoms with Crippen LogP contribution in [0.25, 0.3) is 16.8 Å². The van der Waals surface area contributed by atoms with Gasteiger partial charge in [0.2, 0.25) is 0 Å². The van der Waals surface area contributed by atoms with E-state index in [-0.39, 0.29) is 17.0 Å². The molecule has 4 rings (SSSR count).